The summed E-state index contributed by atoms with van der Waals surface area (Å²) in [7, 11) is -3.14. The molecular formula is C21H22F3N3OS2. The van der Waals surface area contributed by atoms with Gasteiger partial charge in [-0.05, 0) is 42.7 Å². The Kier molecular flexibility index (Phi) is 7.25. The van der Waals surface area contributed by atoms with E-state index in [2.05, 4.69) is 31.0 Å². The zero-order valence-electron chi connectivity index (χ0n) is 16.6. The average Bonchev–Trinajstić information content (AvgIpc) is 3.18. The molecule has 0 fully saturated rings. The zero-order chi connectivity index (χ0) is 21.7. The van der Waals surface area contributed by atoms with Crippen LogP contribution in [0.3, 0.4) is 0 Å². The van der Waals surface area contributed by atoms with Crippen LogP contribution in [0.2, 0.25) is 0 Å². The molecule has 1 aromatic carbocycles. The van der Waals surface area contributed by atoms with Gasteiger partial charge >= 0.3 is 5.51 Å². The van der Waals surface area contributed by atoms with Gasteiger partial charge in [0.05, 0.1) is 11.4 Å². The van der Waals surface area contributed by atoms with E-state index in [1.807, 2.05) is 10.1 Å². The minimum Gasteiger partial charge on any atom is -0.298 e. The van der Waals surface area contributed by atoms with Gasteiger partial charge in [0.15, 0.2) is 0 Å². The Morgan fingerprint density at radius 3 is 2.33 bits per heavy atom. The third-order valence-corrected chi connectivity index (χ3v) is 6.01. The van der Waals surface area contributed by atoms with Crippen LogP contribution in [-0.2, 0) is 23.8 Å². The average molecular weight is 454 g/mol. The third kappa shape index (κ3) is 5.66. The first-order chi connectivity index (χ1) is 14.3. The molecule has 0 saturated carbocycles. The van der Waals surface area contributed by atoms with E-state index in [1.165, 1.54) is 29.0 Å². The Morgan fingerprint density at radius 1 is 1.00 bits per heavy atom. The summed E-state index contributed by atoms with van der Waals surface area (Å²) in [4.78, 5) is 9.43. The number of anilines is 1. The van der Waals surface area contributed by atoms with Crippen molar-refractivity contribution in [3.8, 4) is 22.0 Å². The van der Waals surface area contributed by atoms with Crippen molar-refractivity contribution in [3.63, 3.8) is 0 Å². The summed E-state index contributed by atoms with van der Waals surface area (Å²) in [5, 5.41) is 2.71. The number of hydrogen-bond donors (Lipinski definition) is 1. The Balaban J connectivity index is 1.82. The molecule has 0 saturated heterocycles. The van der Waals surface area contributed by atoms with Gasteiger partial charge in [0.2, 0.25) is 11.0 Å². The second-order valence-corrected chi connectivity index (χ2v) is 8.85. The molecule has 4 nitrogen and oxygen atoms in total. The van der Waals surface area contributed by atoms with Gasteiger partial charge in [-0.1, -0.05) is 38.8 Å². The van der Waals surface area contributed by atoms with Crippen LogP contribution in [0.1, 0.15) is 37.9 Å². The summed E-state index contributed by atoms with van der Waals surface area (Å²) in [6.07, 6.45) is 3.97. The highest BCUT2D eigenvalue weighted by molar-refractivity contribution is 7.87. The number of halogens is 3. The van der Waals surface area contributed by atoms with Crippen LogP contribution in [0.5, 0.6) is 0 Å². The number of rotatable bonds is 8. The fourth-order valence-electron chi connectivity index (χ4n) is 2.98. The lowest BCUT2D eigenvalue weighted by Gasteiger charge is -2.08. The van der Waals surface area contributed by atoms with E-state index in [4.69, 9.17) is 4.98 Å². The molecule has 0 aliphatic carbocycles. The van der Waals surface area contributed by atoms with Crippen LogP contribution in [-0.4, -0.2) is 19.7 Å². The lowest BCUT2D eigenvalue weighted by molar-refractivity contribution is -0.0379. The maximum atomic E-state index is 12.4. The summed E-state index contributed by atoms with van der Waals surface area (Å²) in [5.41, 5.74) is -0.0440. The van der Waals surface area contributed by atoms with Crippen molar-refractivity contribution in [1.82, 2.24) is 9.97 Å². The van der Waals surface area contributed by atoms with Crippen molar-refractivity contribution >= 4 is 28.0 Å². The molecule has 0 radical (unpaired) electrons. The topological polar surface area (TPSA) is 54.9 Å². The van der Waals surface area contributed by atoms with Gasteiger partial charge in [-0.2, -0.15) is 13.2 Å². The Labute approximate surface area is 180 Å². The van der Waals surface area contributed by atoms with E-state index >= 15 is 0 Å². The van der Waals surface area contributed by atoms with Crippen molar-refractivity contribution < 1.29 is 17.4 Å². The molecule has 0 aliphatic rings. The van der Waals surface area contributed by atoms with Crippen LogP contribution < -0.4 is 4.72 Å². The van der Waals surface area contributed by atoms with Gasteiger partial charge in [-0.3, -0.25) is 9.71 Å². The van der Waals surface area contributed by atoms with Gasteiger partial charge in [0.1, 0.15) is 5.01 Å². The van der Waals surface area contributed by atoms with Crippen molar-refractivity contribution in [3.05, 3.63) is 53.0 Å². The van der Waals surface area contributed by atoms with Crippen LogP contribution in [0.25, 0.3) is 22.0 Å². The number of thiazole rings is 1. The number of nitrogens with one attached hydrogen (secondary N) is 1. The Morgan fingerprint density at radius 2 is 1.70 bits per heavy atom. The molecule has 0 bridgehead atoms. The Hall–Kier alpha value is -2.26. The van der Waals surface area contributed by atoms with Crippen LogP contribution >= 0.6 is 11.3 Å². The highest BCUT2D eigenvalue weighted by Gasteiger charge is 2.37. The molecule has 160 valence electrons. The van der Waals surface area contributed by atoms with E-state index in [-0.39, 0.29) is 5.69 Å². The number of nitrogens with zero attached hydrogens (tertiary/aromatic N) is 2. The molecule has 0 aliphatic heterocycles. The normalized spacial score (nSPS) is 12.7. The van der Waals surface area contributed by atoms with Crippen molar-refractivity contribution in [2.75, 3.05) is 4.72 Å². The lowest BCUT2D eigenvalue weighted by atomic mass is 10.1. The molecule has 3 aromatic rings. The highest BCUT2D eigenvalue weighted by Crippen LogP contribution is 2.30. The quantitative estimate of drug-likeness (QED) is 0.431. The summed E-state index contributed by atoms with van der Waals surface area (Å²) in [6.45, 7) is 4.27. The predicted octanol–water partition coefficient (Wildman–Crippen LogP) is 6.37. The SMILES string of the molecule is CCCc1cc(CCC)nc(-c2nc(-c3ccc(NS(=O)C(F)(F)F)cc3)cs2)c1. The number of hydrogen-bond acceptors (Lipinski definition) is 4. The smallest absolute Gasteiger partial charge is 0.298 e. The van der Waals surface area contributed by atoms with E-state index < -0.39 is 16.5 Å². The molecule has 2 heterocycles. The number of pyridine rings is 1. The molecule has 1 N–H and O–H groups in total. The molecule has 2 aromatic heterocycles. The van der Waals surface area contributed by atoms with Crippen molar-refractivity contribution in [1.29, 1.82) is 0 Å². The molecule has 0 spiro atoms. The van der Waals surface area contributed by atoms with Crippen LogP contribution in [0, 0.1) is 0 Å². The number of aromatic nitrogens is 2. The molecule has 1 unspecified atom stereocenters. The van der Waals surface area contributed by atoms with Gasteiger partial charge in [-0.25, -0.2) is 9.19 Å². The van der Waals surface area contributed by atoms with Crippen LogP contribution in [0.4, 0.5) is 18.9 Å². The largest absolute Gasteiger partial charge is 0.490 e. The number of alkyl halides is 3. The third-order valence-electron chi connectivity index (χ3n) is 4.31. The predicted molar refractivity (Wildman–Crippen MR) is 117 cm³/mol. The minimum atomic E-state index is -4.81. The summed E-state index contributed by atoms with van der Waals surface area (Å²) >= 11 is 1.48. The maximum Gasteiger partial charge on any atom is 0.490 e. The van der Waals surface area contributed by atoms with Gasteiger partial charge in [0, 0.05) is 22.3 Å². The van der Waals surface area contributed by atoms with Gasteiger partial charge in [0.25, 0.3) is 0 Å². The number of aryl methyl sites for hydroxylation is 2. The van der Waals surface area contributed by atoms with Gasteiger partial charge < -0.3 is 0 Å². The molecule has 3 rings (SSSR count). The molecular weight excluding hydrogens is 431 g/mol. The van der Waals surface area contributed by atoms with E-state index in [0.29, 0.717) is 0 Å². The minimum absolute atomic E-state index is 0.128. The fraction of sp³-hybridized carbons (Fsp3) is 0.333. The summed E-state index contributed by atoms with van der Waals surface area (Å²) in [5.74, 6) is 0. The summed E-state index contributed by atoms with van der Waals surface area (Å²) < 4.78 is 50.4. The second-order valence-electron chi connectivity index (χ2n) is 6.78. The zero-order valence-corrected chi connectivity index (χ0v) is 18.3. The first-order valence-corrected chi connectivity index (χ1v) is 11.6. The molecule has 0 amide bonds. The first kappa shape index (κ1) is 22.4. The van der Waals surface area contributed by atoms with E-state index in [9.17, 15) is 17.4 Å². The fourth-order valence-corrected chi connectivity index (χ4v) is 4.23. The second kappa shape index (κ2) is 9.70. The maximum absolute atomic E-state index is 12.4. The summed E-state index contributed by atoms with van der Waals surface area (Å²) in [6, 6.07) is 10.4. The van der Waals surface area contributed by atoms with E-state index in [1.54, 1.807) is 12.1 Å². The van der Waals surface area contributed by atoms with Gasteiger partial charge in [-0.15, -0.1) is 11.3 Å². The lowest BCUT2D eigenvalue weighted by Crippen LogP contribution is -2.22. The highest BCUT2D eigenvalue weighted by atomic mass is 32.2. The number of benzene rings is 1. The first-order valence-electron chi connectivity index (χ1n) is 9.61. The molecule has 9 heteroatoms. The standard InChI is InChI=1S/C21H22F3N3OS2/c1-3-5-14-11-17(6-4-2)25-18(12-14)20-26-19(13-29-20)15-7-9-16(10-8-15)27-30(28)21(22,23)24/h7-13,27H,3-6H2,1-2H3. The monoisotopic (exact) mass is 453 g/mol. The Bertz CT molecular complexity index is 993. The molecule has 1 atom stereocenters. The molecule has 30 heavy (non-hydrogen) atoms. The van der Waals surface area contributed by atoms with E-state index in [0.717, 1.165) is 53.3 Å². The van der Waals surface area contributed by atoms with Crippen molar-refractivity contribution in [2.45, 2.75) is 45.0 Å². The van der Waals surface area contributed by atoms with Crippen LogP contribution in [0.15, 0.2) is 41.8 Å². The van der Waals surface area contributed by atoms with Crippen molar-refractivity contribution in [2.24, 2.45) is 0 Å².